The normalized spacial score (nSPS) is 14.5. The average Bonchev–Trinajstić information content (AvgIpc) is 2.49. The van der Waals surface area contributed by atoms with Gasteiger partial charge < -0.3 is 19.9 Å². The maximum Gasteiger partial charge on any atom is 0.299 e. The van der Waals surface area contributed by atoms with E-state index in [0.29, 0.717) is 23.6 Å². The number of aliphatic hydroxyl groups excluding tert-OH is 1. The molecular formula is C15H20N2O6. The van der Waals surface area contributed by atoms with Crippen molar-refractivity contribution in [3.8, 4) is 11.5 Å². The van der Waals surface area contributed by atoms with Crippen molar-refractivity contribution in [1.29, 1.82) is 0 Å². The van der Waals surface area contributed by atoms with Crippen LogP contribution in [0.4, 0.5) is 0 Å². The number of benzene rings is 1. The number of nitrogens with one attached hydrogen (secondary N) is 1. The van der Waals surface area contributed by atoms with Crippen molar-refractivity contribution in [2.45, 2.75) is 26.0 Å². The zero-order valence-corrected chi connectivity index (χ0v) is 13.0. The van der Waals surface area contributed by atoms with Crippen LogP contribution in [0.5, 0.6) is 11.5 Å². The Morgan fingerprint density at radius 3 is 2.96 bits per heavy atom. The molecule has 2 N–H and O–H groups in total. The lowest BCUT2D eigenvalue weighted by molar-refractivity contribution is -0.743. The molecule has 1 unspecified atom stereocenters. The summed E-state index contributed by atoms with van der Waals surface area (Å²) in [5, 5.41) is 22.5. The Bertz CT molecular complexity index is 587. The van der Waals surface area contributed by atoms with Crippen LogP contribution in [-0.2, 0) is 4.84 Å². The van der Waals surface area contributed by atoms with Crippen LogP contribution in [0.1, 0.15) is 19.4 Å². The van der Waals surface area contributed by atoms with Crippen LogP contribution < -0.4 is 14.8 Å². The van der Waals surface area contributed by atoms with Gasteiger partial charge in [-0.25, -0.2) is 0 Å². The summed E-state index contributed by atoms with van der Waals surface area (Å²) in [7, 11) is 0. The summed E-state index contributed by atoms with van der Waals surface area (Å²) in [6, 6.07) is 5.47. The molecule has 1 aliphatic heterocycles. The van der Waals surface area contributed by atoms with Crippen molar-refractivity contribution < 1.29 is 24.5 Å². The van der Waals surface area contributed by atoms with Gasteiger partial charge in [-0.2, -0.15) is 0 Å². The molecule has 0 fully saturated rings. The van der Waals surface area contributed by atoms with Crippen LogP contribution in [0.2, 0.25) is 0 Å². The van der Waals surface area contributed by atoms with E-state index in [-0.39, 0.29) is 25.0 Å². The van der Waals surface area contributed by atoms with Gasteiger partial charge in [0.05, 0.1) is 0 Å². The molecule has 0 saturated carbocycles. The zero-order valence-electron chi connectivity index (χ0n) is 13.0. The predicted molar refractivity (Wildman–Crippen MR) is 82.6 cm³/mol. The first kappa shape index (κ1) is 17.0. The third-order valence-corrected chi connectivity index (χ3v) is 3.07. The number of hydrogen-bond donors (Lipinski definition) is 2. The van der Waals surface area contributed by atoms with E-state index in [0.717, 1.165) is 0 Å². The number of aliphatic hydroxyl groups is 1. The summed E-state index contributed by atoms with van der Waals surface area (Å²) in [5.74, 6) is 1.07. The summed E-state index contributed by atoms with van der Waals surface area (Å²) >= 11 is 0. The molecule has 2 rings (SSSR count). The van der Waals surface area contributed by atoms with Gasteiger partial charge >= 0.3 is 0 Å². The maximum absolute atomic E-state index is 10.4. The second-order valence-electron chi connectivity index (χ2n) is 5.42. The molecular weight excluding hydrogens is 304 g/mol. The summed E-state index contributed by atoms with van der Waals surface area (Å²) in [4.78, 5) is 14.8. The van der Waals surface area contributed by atoms with Gasteiger partial charge in [0.25, 0.3) is 5.09 Å². The number of fused-ring (bicyclic) bond motifs is 1. The first-order chi connectivity index (χ1) is 11.0. The number of hydrogen-bond acceptors (Lipinski definition) is 7. The van der Waals surface area contributed by atoms with Crippen LogP contribution in [0.15, 0.2) is 24.0 Å². The van der Waals surface area contributed by atoms with E-state index in [2.05, 4.69) is 10.2 Å². The molecule has 23 heavy (non-hydrogen) atoms. The molecule has 1 heterocycles. The monoisotopic (exact) mass is 324 g/mol. The molecule has 8 heteroatoms. The standard InChI is InChI=1S/C15H20N2O6/c1-10(2)16-7-12(18)8-21-14-5-3-4-11-6-13(23-17(19)20)9-22-15(11)14/h3-6,10,12,16,18H,7-9H2,1-2H3. The summed E-state index contributed by atoms with van der Waals surface area (Å²) < 4.78 is 11.1. The van der Waals surface area contributed by atoms with E-state index < -0.39 is 11.2 Å². The first-order valence-electron chi connectivity index (χ1n) is 7.28. The topological polar surface area (TPSA) is 103 Å². The summed E-state index contributed by atoms with van der Waals surface area (Å²) in [6.45, 7) is 4.47. The minimum atomic E-state index is -0.876. The molecule has 0 amide bonds. The number of rotatable bonds is 8. The maximum atomic E-state index is 10.4. The molecule has 1 atom stereocenters. The lowest BCUT2D eigenvalue weighted by atomic mass is 10.1. The fourth-order valence-electron chi connectivity index (χ4n) is 2.04. The van der Waals surface area contributed by atoms with Crippen LogP contribution in [-0.4, -0.2) is 42.1 Å². The van der Waals surface area contributed by atoms with Crippen LogP contribution >= 0.6 is 0 Å². The molecule has 1 aromatic carbocycles. The average molecular weight is 324 g/mol. The van der Waals surface area contributed by atoms with Crippen molar-refractivity contribution in [2.24, 2.45) is 0 Å². The Kier molecular flexibility index (Phi) is 5.78. The van der Waals surface area contributed by atoms with E-state index in [9.17, 15) is 15.2 Å². The fraction of sp³-hybridized carbons (Fsp3) is 0.467. The van der Waals surface area contributed by atoms with Gasteiger partial charge in [-0.1, -0.05) is 26.0 Å². The Hall–Kier alpha value is -2.32. The highest BCUT2D eigenvalue weighted by Crippen LogP contribution is 2.36. The zero-order chi connectivity index (χ0) is 16.8. The first-order valence-corrected chi connectivity index (χ1v) is 7.28. The van der Waals surface area contributed by atoms with Crippen molar-refractivity contribution in [2.75, 3.05) is 19.8 Å². The molecule has 126 valence electrons. The van der Waals surface area contributed by atoms with Crippen LogP contribution in [0.3, 0.4) is 0 Å². The lowest BCUT2D eigenvalue weighted by Gasteiger charge is -2.21. The van der Waals surface area contributed by atoms with E-state index in [4.69, 9.17) is 9.47 Å². The second kappa shape index (κ2) is 7.80. The van der Waals surface area contributed by atoms with Gasteiger partial charge in [-0.3, -0.25) is 4.84 Å². The SMILES string of the molecule is CC(C)NCC(O)COc1cccc2c1OCC(O[N+](=O)[O-])=C2. The highest BCUT2D eigenvalue weighted by Gasteiger charge is 2.19. The highest BCUT2D eigenvalue weighted by atomic mass is 17.0. The fourth-order valence-corrected chi connectivity index (χ4v) is 2.04. The minimum absolute atomic E-state index is 0.0498. The van der Waals surface area contributed by atoms with Gasteiger partial charge in [0.15, 0.2) is 11.5 Å². The number of para-hydroxylation sites is 1. The van der Waals surface area contributed by atoms with Gasteiger partial charge in [-0.15, -0.1) is 10.1 Å². The number of ether oxygens (including phenoxy) is 2. The smallest absolute Gasteiger partial charge is 0.299 e. The molecule has 8 nitrogen and oxygen atoms in total. The Morgan fingerprint density at radius 1 is 1.48 bits per heavy atom. The number of nitrogens with zero attached hydrogens (tertiary/aromatic N) is 1. The minimum Gasteiger partial charge on any atom is -0.487 e. The van der Waals surface area contributed by atoms with E-state index in [1.54, 1.807) is 18.2 Å². The van der Waals surface area contributed by atoms with E-state index in [1.165, 1.54) is 6.08 Å². The largest absolute Gasteiger partial charge is 0.487 e. The Labute approximate surface area is 133 Å². The molecule has 0 aliphatic carbocycles. The van der Waals surface area contributed by atoms with Crippen molar-refractivity contribution in [3.05, 3.63) is 39.6 Å². The molecule has 1 aromatic rings. The van der Waals surface area contributed by atoms with E-state index >= 15 is 0 Å². The second-order valence-corrected chi connectivity index (χ2v) is 5.42. The summed E-state index contributed by atoms with van der Waals surface area (Å²) in [6.07, 6.45) is 0.881. The van der Waals surface area contributed by atoms with Crippen molar-refractivity contribution >= 4 is 6.08 Å². The third kappa shape index (κ3) is 5.11. The molecule has 0 saturated heterocycles. The Morgan fingerprint density at radius 2 is 2.26 bits per heavy atom. The van der Waals surface area contributed by atoms with Gasteiger partial charge in [0.2, 0.25) is 0 Å². The molecule has 0 aromatic heterocycles. The highest BCUT2D eigenvalue weighted by molar-refractivity contribution is 5.65. The van der Waals surface area contributed by atoms with E-state index in [1.807, 2.05) is 13.8 Å². The molecule has 1 aliphatic rings. The van der Waals surface area contributed by atoms with Gasteiger partial charge in [0.1, 0.15) is 25.1 Å². The summed E-state index contributed by atoms with van der Waals surface area (Å²) in [5.41, 5.74) is 0.625. The molecule has 0 radical (unpaired) electrons. The predicted octanol–water partition coefficient (Wildman–Crippen LogP) is 1.37. The van der Waals surface area contributed by atoms with Gasteiger partial charge in [-0.05, 0) is 12.1 Å². The lowest BCUT2D eigenvalue weighted by Crippen LogP contribution is -2.35. The van der Waals surface area contributed by atoms with Crippen molar-refractivity contribution in [3.63, 3.8) is 0 Å². The quantitative estimate of drug-likeness (QED) is 0.550. The van der Waals surface area contributed by atoms with Crippen LogP contribution in [0, 0.1) is 10.1 Å². The van der Waals surface area contributed by atoms with Crippen molar-refractivity contribution in [1.82, 2.24) is 5.32 Å². The Balaban J connectivity index is 2.00. The molecule has 0 bridgehead atoms. The van der Waals surface area contributed by atoms with Gasteiger partial charge in [0, 0.05) is 18.2 Å². The van der Waals surface area contributed by atoms with Crippen LogP contribution in [0.25, 0.3) is 6.08 Å². The molecule has 0 spiro atoms. The third-order valence-electron chi connectivity index (χ3n) is 3.07.